The van der Waals surface area contributed by atoms with E-state index in [0.717, 1.165) is 27.1 Å². The fraction of sp³-hybridized carbons (Fsp3) is 0.100. The summed E-state index contributed by atoms with van der Waals surface area (Å²) in [5.74, 6) is 0.133. The standard InChI is InChI=1S/C30H24OS3/c31-30-25(28(33)17-22-12-6-2-7-13-22)19-24(27(32)16-21-10-4-1-5-11-21)20-26(30)29(34)18-23-14-8-3-9-15-23/h1-15,19-20,31H,16-18H2. The molecule has 168 valence electrons. The van der Waals surface area contributed by atoms with Crippen LogP contribution in [0.15, 0.2) is 103 Å². The van der Waals surface area contributed by atoms with Crippen LogP contribution in [0.25, 0.3) is 0 Å². The van der Waals surface area contributed by atoms with E-state index < -0.39 is 0 Å². The van der Waals surface area contributed by atoms with Gasteiger partial charge < -0.3 is 5.11 Å². The van der Waals surface area contributed by atoms with Crippen molar-refractivity contribution in [2.75, 3.05) is 0 Å². The Morgan fingerprint density at radius 2 is 0.824 bits per heavy atom. The average Bonchev–Trinajstić information content (AvgIpc) is 2.86. The number of benzene rings is 4. The molecule has 0 aliphatic carbocycles. The van der Waals surface area contributed by atoms with E-state index in [9.17, 15) is 5.11 Å². The molecule has 0 unspecified atom stereocenters. The second-order valence-corrected chi connectivity index (χ2v) is 9.66. The van der Waals surface area contributed by atoms with Gasteiger partial charge in [-0.05, 0) is 34.4 Å². The monoisotopic (exact) mass is 496 g/mol. The van der Waals surface area contributed by atoms with Gasteiger partial charge in [-0.25, -0.2) is 0 Å². The minimum atomic E-state index is 0.133. The number of hydrogen-bond acceptors (Lipinski definition) is 4. The van der Waals surface area contributed by atoms with Crippen LogP contribution in [0.2, 0.25) is 0 Å². The third-order valence-electron chi connectivity index (χ3n) is 5.66. The minimum Gasteiger partial charge on any atom is -0.507 e. The minimum absolute atomic E-state index is 0.133. The van der Waals surface area contributed by atoms with Crippen LogP contribution >= 0.6 is 36.7 Å². The molecule has 4 aromatic rings. The van der Waals surface area contributed by atoms with Gasteiger partial charge in [-0.1, -0.05) is 128 Å². The first-order valence-electron chi connectivity index (χ1n) is 11.1. The number of rotatable bonds is 9. The lowest BCUT2D eigenvalue weighted by atomic mass is 9.93. The molecule has 0 aliphatic rings. The summed E-state index contributed by atoms with van der Waals surface area (Å²) in [6, 6.07) is 34.0. The Labute approximate surface area is 217 Å². The zero-order valence-corrected chi connectivity index (χ0v) is 21.1. The van der Waals surface area contributed by atoms with Crippen molar-refractivity contribution in [1.82, 2.24) is 0 Å². The SMILES string of the molecule is Oc1c(C(=S)Cc2ccccc2)cc(C(=S)Cc2ccccc2)cc1C(=S)Cc1ccccc1. The molecule has 0 aliphatic heterocycles. The first kappa shape index (κ1) is 24.1. The third-order valence-corrected chi connectivity index (χ3v) is 6.76. The van der Waals surface area contributed by atoms with Crippen molar-refractivity contribution in [3.05, 3.63) is 137 Å². The van der Waals surface area contributed by atoms with Crippen molar-refractivity contribution in [3.8, 4) is 5.75 Å². The molecule has 34 heavy (non-hydrogen) atoms. The maximum atomic E-state index is 11.3. The van der Waals surface area contributed by atoms with E-state index in [1.165, 1.54) is 0 Å². The number of phenols is 1. The summed E-state index contributed by atoms with van der Waals surface area (Å²) in [5.41, 5.74) is 5.44. The number of phenolic OH excluding ortho intramolecular Hbond substituents is 1. The van der Waals surface area contributed by atoms with Crippen LogP contribution in [0.1, 0.15) is 33.4 Å². The van der Waals surface area contributed by atoms with E-state index >= 15 is 0 Å². The van der Waals surface area contributed by atoms with Crippen molar-refractivity contribution in [2.45, 2.75) is 19.3 Å². The summed E-state index contributed by atoms with van der Waals surface area (Å²) in [6.45, 7) is 0. The van der Waals surface area contributed by atoms with Crippen LogP contribution in [0, 0.1) is 0 Å². The Morgan fingerprint density at radius 3 is 1.18 bits per heavy atom. The van der Waals surface area contributed by atoms with Gasteiger partial charge in [0.2, 0.25) is 0 Å². The molecular weight excluding hydrogens is 473 g/mol. The van der Waals surface area contributed by atoms with E-state index in [1.54, 1.807) is 0 Å². The molecule has 0 saturated heterocycles. The van der Waals surface area contributed by atoms with Crippen molar-refractivity contribution in [2.24, 2.45) is 0 Å². The Morgan fingerprint density at radius 1 is 0.500 bits per heavy atom. The molecule has 0 fully saturated rings. The lowest BCUT2D eigenvalue weighted by molar-refractivity contribution is 0.473. The molecule has 0 amide bonds. The van der Waals surface area contributed by atoms with Gasteiger partial charge >= 0.3 is 0 Å². The maximum absolute atomic E-state index is 11.3. The van der Waals surface area contributed by atoms with Gasteiger partial charge in [0.15, 0.2) is 0 Å². The summed E-state index contributed by atoms with van der Waals surface area (Å²) < 4.78 is 0. The zero-order chi connectivity index (χ0) is 23.9. The van der Waals surface area contributed by atoms with E-state index in [1.807, 2.05) is 91.0 Å². The van der Waals surface area contributed by atoms with Gasteiger partial charge in [0.25, 0.3) is 0 Å². The molecule has 1 N–H and O–H groups in total. The molecule has 4 rings (SSSR count). The predicted octanol–water partition coefficient (Wildman–Crippen LogP) is 7.27. The summed E-state index contributed by atoms with van der Waals surface area (Å²) in [6.07, 6.45) is 1.75. The van der Waals surface area contributed by atoms with Crippen molar-refractivity contribution < 1.29 is 5.11 Å². The van der Waals surface area contributed by atoms with E-state index in [0.29, 0.717) is 40.1 Å². The van der Waals surface area contributed by atoms with Crippen LogP contribution in [-0.4, -0.2) is 19.7 Å². The molecule has 4 aromatic carbocycles. The highest BCUT2D eigenvalue weighted by molar-refractivity contribution is 7.81. The van der Waals surface area contributed by atoms with Gasteiger partial charge in [-0.15, -0.1) is 0 Å². The summed E-state index contributed by atoms with van der Waals surface area (Å²) >= 11 is 17.4. The third kappa shape index (κ3) is 6.09. The molecule has 0 atom stereocenters. The van der Waals surface area contributed by atoms with Gasteiger partial charge in [-0.3, -0.25) is 0 Å². The number of hydrogen-bond donors (Lipinski definition) is 1. The lowest BCUT2D eigenvalue weighted by Gasteiger charge is -2.16. The second-order valence-electron chi connectivity index (χ2n) is 8.18. The smallest absolute Gasteiger partial charge is 0.132 e. The number of thiocarbonyl (C=S) groups is 3. The first-order chi connectivity index (χ1) is 16.5. The topological polar surface area (TPSA) is 20.2 Å². The predicted molar refractivity (Wildman–Crippen MR) is 154 cm³/mol. The first-order valence-corrected chi connectivity index (χ1v) is 12.3. The van der Waals surface area contributed by atoms with E-state index in [-0.39, 0.29) is 5.75 Å². The number of aromatic hydroxyl groups is 1. The van der Waals surface area contributed by atoms with Crippen molar-refractivity contribution in [1.29, 1.82) is 0 Å². The molecule has 1 nitrogen and oxygen atoms in total. The van der Waals surface area contributed by atoms with Gasteiger partial charge in [0, 0.05) is 45.0 Å². The van der Waals surface area contributed by atoms with Crippen LogP contribution in [0.4, 0.5) is 0 Å². The maximum Gasteiger partial charge on any atom is 0.132 e. The second kappa shape index (κ2) is 11.4. The summed E-state index contributed by atoms with van der Waals surface area (Å²) in [7, 11) is 0. The quantitative estimate of drug-likeness (QED) is 0.194. The Hall–Kier alpha value is -3.05. The van der Waals surface area contributed by atoms with Crippen LogP contribution in [0.3, 0.4) is 0 Å². The van der Waals surface area contributed by atoms with Crippen LogP contribution in [0.5, 0.6) is 5.75 Å². The molecule has 0 spiro atoms. The van der Waals surface area contributed by atoms with Crippen molar-refractivity contribution in [3.63, 3.8) is 0 Å². The highest BCUT2D eigenvalue weighted by atomic mass is 32.1. The molecule has 0 bridgehead atoms. The van der Waals surface area contributed by atoms with Gasteiger partial charge in [-0.2, -0.15) is 0 Å². The summed E-state index contributed by atoms with van der Waals surface area (Å²) in [4.78, 5) is 2.12. The highest BCUT2D eigenvalue weighted by Crippen LogP contribution is 2.29. The van der Waals surface area contributed by atoms with Crippen molar-refractivity contribution >= 4 is 51.2 Å². The fourth-order valence-corrected chi connectivity index (χ4v) is 4.79. The molecule has 0 aromatic heterocycles. The molecule has 0 saturated carbocycles. The molecule has 0 heterocycles. The zero-order valence-electron chi connectivity index (χ0n) is 18.6. The van der Waals surface area contributed by atoms with Crippen LogP contribution < -0.4 is 0 Å². The Bertz CT molecular complexity index is 1240. The normalized spacial score (nSPS) is 10.6. The molecule has 0 radical (unpaired) electrons. The Kier molecular flexibility index (Phi) is 8.07. The van der Waals surface area contributed by atoms with Gasteiger partial charge in [0.05, 0.1) is 0 Å². The Balaban J connectivity index is 1.71. The van der Waals surface area contributed by atoms with E-state index in [2.05, 4.69) is 12.1 Å². The van der Waals surface area contributed by atoms with E-state index in [4.69, 9.17) is 36.7 Å². The lowest BCUT2D eigenvalue weighted by Crippen LogP contribution is -2.12. The molecular formula is C30H24OS3. The van der Waals surface area contributed by atoms with Gasteiger partial charge in [0.1, 0.15) is 5.75 Å². The average molecular weight is 497 g/mol. The summed E-state index contributed by atoms with van der Waals surface area (Å²) in [5, 5.41) is 11.3. The highest BCUT2D eigenvalue weighted by Gasteiger charge is 2.19. The van der Waals surface area contributed by atoms with Crippen LogP contribution in [-0.2, 0) is 19.3 Å². The molecule has 4 heteroatoms. The largest absolute Gasteiger partial charge is 0.507 e. The fourth-order valence-electron chi connectivity index (χ4n) is 3.86.